The van der Waals surface area contributed by atoms with Crippen molar-refractivity contribution in [2.45, 2.75) is 13.0 Å². The predicted octanol–water partition coefficient (Wildman–Crippen LogP) is 1.18. The fourth-order valence-electron chi connectivity index (χ4n) is 1.65. The Balaban J connectivity index is 1.97. The van der Waals surface area contributed by atoms with Gasteiger partial charge in [-0.15, -0.1) is 0 Å². The van der Waals surface area contributed by atoms with E-state index in [2.05, 4.69) is 15.3 Å². The molecule has 2 N–H and O–H groups in total. The summed E-state index contributed by atoms with van der Waals surface area (Å²) in [5, 5.41) is 13.5. The summed E-state index contributed by atoms with van der Waals surface area (Å²) >= 11 is 0. The first-order valence-corrected chi connectivity index (χ1v) is 5.64. The zero-order valence-electron chi connectivity index (χ0n) is 10.00. The van der Waals surface area contributed by atoms with Gasteiger partial charge in [-0.1, -0.05) is 18.2 Å². The number of amides is 1. The van der Waals surface area contributed by atoms with E-state index in [9.17, 15) is 14.9 Å². The van der Waals surface area contributed by atoms with Crippen LogP contribution >= 0.6 is 0 Å². The topological polar surface area (TPSA) is 101 Å². The average molecular weight is 260 g/mol. The molecule has 0 aliphatic heterocycles. The lowest BCUT2D eigenvalue weighted by molar-refractivity contribution is -0.385. The van der Waals surface area contributed by atoms with Crippen LogP contribution in [-0.4, -0.2) is 20.8 Å². The molecule has 0 aliphatic carbocycles. The standard InChI is InChI=1S/C12H12N4O3/c17-12(15-8-11-13-5-6-14-11)7-9-3-1-2-4-10(9)16(18)19/h1-6H,7-8H2,(H,13,14)(H,15,17). The quantitative estimate of drug-likeness (QED) is 0.622. The van der Waals surface area contributed by atoms with Crippen molar-refractivity contribution in [3.05, 3.63) is 58.2 Å². The molecule has 2 rings (SSSR count). The van der Waals surface area contributed by atoms with Gasteiger partial charge in [-0.05, 0) is 0 Å². The minimum absolute atomic E-state index is 0.0299. The molecule has 0 unspecified atom stereocenters. The molecule has 1 aromatic heterocycles. The Hall–Kier alpha value is -2.70. The number of imidazole rings is 1. The zero-order valence-corrected chi connectivity index (χ0v) is 10.00. The normalized spacial score (nSPS) is 10.1. The molecule has 1 heterocycles. The first-order chi connectivity index (χ1) is 9.16. The van der Waals surface area contributed by atoms with E-state index in [1.54, 1.807) is 30.6 Å². The van der Waals surface area contributed by atoms with Crippen LogP contribution in [0.25, 0.3) is 0 Å². The van der Waals surface area contributed by atoms with Gasteiger partial charge < -0.3 is 10.3 Å². The van der Waals surface area contributed by atoms with Crippen LogP contribution in [0.15, 0.2) is 36.7 Å². The molecule has 1 aromatic carbocycles. The van der Waals surface area contributed by atoms with Gasteiger partial charge >= 0.3 is 0 Å². The second-order valence-electron chi connectivity index (χ2n) is 3.88. The number of para-hydroxylation sites is 1. The molecule has 0 atom stereocenters. The van der Waals surface area contributed by atoms with E-state index in [1.165, 1.54) is 6.07 Å². The first kappa shape index (κ1) is 12.7. The number of nitrogens with zero attached hydrogens (tertiary/aromatic N) is 2. The van der Waals surface area contributed by atoms with Gasteiger partial charge in [0.2, 0.25) is 5.91 Å². The maximum Gasteiger partial charge on any atom is 0.273 e. The molecule has 1 amide bonds. The molecule has 0 aliphatic rings. The third-order valence-electron chi connectivity index (χ3n) is 2.55. The zero-order chi connectivity index (χ0) is 13.7. The Labute approximate surface area is 108 Å². The molecule has 7 nitrogen and oxygen atoms in total. The number of hydrogen-bond donors (Lipinski definition) is 2. The number of benzene rings is 1. The van der Waals surface area contributed by atoms with E-state index >= 15 is 0 Å². The van der Waals surface area contributed by atoms with Crippen molar-refractivity contribution in [2.75, 3.05) is 0 Å². The highest BCUT2D eigenvalue weighted by atomic mass is 16.6. The molecule has 2 aromatic rings. The Morgan fingerprint density at radius 1 is 1.42 bits per heavy atom. The highest BCUT2D eigenvalue weighted by molar-refractivity contribution is 5.79. The van der Waals surface area contributed by atoms with Gasteiger partial charge in [-0.3, -0.25) is 14.9 Å². The lowest BCUT2D eigenvalue weighted by Crippen LogP contribution is -2.25. The van der Waals surface area contributed by atoms with Crippen LogP contribution in [0, 0.1) is 10.1 Å². The third-order valence-corrected chi connectivity index (χ3v) is 2.55. The molecule has 0 radical (unpaired) electrons. The van der Waals surface area contributed by atoms with Crippen molar-refractivity contribution in [1.29, 1.82) is 0 Å². The maximum absolute atomic E-state index is 11.7. The van der Waals surface area contributed by atoms with Gasteiger partial charge in [0.15, 0.2) is 0 Å². The largest absolute Gasteiger partial charge is 0.349 e. The number of H-pyrrole nitrogens is 1. The van der Waals surface area contributed by atoms with Crippen LogP contribution in [0.2, 0.25) is 0 Å². The van der Waals surface area contributed by atoms with E-state index < -0.39 is 4.92 Å². The van der Waals surface area contributed by atoms with Gasteiger partial charge in [0, 0.05) is 24.0 Å². The molecule has 98 valence electrons. The lowest BCUT2D eigenvalue weighted by Gasteiger charge is -2.04. The SMILES string of the molecule is O=C(Cc1ccccc1[N+](=O)[O-])NCc1ncc[nH]1. The minimum Gasteiger partial charge on any atom is -0.349 e. The number of nitro groups is 1. The molecule has 0 fully saturated rings. The van der Waals surface area contributed by atoms with Crippen molar-refractivity contribution in [1.82, 2.24) is 15.3 Å². The smallest absolute Gasteiger partial charge is 0.273 e. The van der Waals surface area contributed by atoms with Crippen LogP contribution in [0.3, 0.4) is 0 Å². The van der Waals surface area contributed by atoms with Gasteiger partial charge in [0.1, 0.15) is 5.82 Å². The van der Waals surface area contributed by atoms with E-state index in [4.69, 9.17) is 0 Å². The third kappa shape index (κ3) is 3.38. The average Bonchev–Trinajstić information content (AvgIpc) is 2.90. The van der Waals surface area contributed by atoms with Crippen LogP contribution < -0.4 is 5.32 Å². The van der Waals surface area contributed by atoms with E-state index in [-0.39, 0.29) is 24.6 Å². The van der Waals surface area contributed by atoms with Crippen molar-refractivity contribution in [3.8, 4) is 0 Å². The molecule has 0 saturated heterocycles. The summed E-state index contributed by atoms with van der Waals surface area (Å²) in [6.07, 6.45) is 3.21. The van der Waals surface area contributed by atoms with Gasteiger partial charge in [-0.25, -0.2) is 4.98 Å². The summed E-state index contributed by atoms with van der Waals surface area (Å²) in [5.41, 5.74) is 0.347. The monoisotopic (exact) mass is 260 g/mol. The lowest BCUT2D eigenvalue weighted by atomic mass is 10.1. The van der Waals surface area contributed by atoms with E-state index in [0.29, 0.717) is 11.4 Å². The first-order valence-electron chi connectivity index (χ1n) is 5.64. The number of nitro benzene ring substituents is 1. The molecule has 0 bridgehead atoms. The molecule has 0 saturated carbocycles. The van der Waals surface area contributed by atoms with Crippen molar-refractivity contribution < 1.29 is 9.72 Å². The number of aromatic nitrogens is 2. The summed E-state index contributed by atoms with van der Waals surface area (Å²) in [4.78, 5) is 28.8. The van der Waals surface area contributed by atoms with Crippen molar-refractivity contribution >= 4 is 11.6 Å². The van der Waals surface area contributed by atoms with Crippen LogP contribution in [0.1, 0.15) is 11.4 Å². The van der Waals surface area contributed by atoms with E-state index in [0.717, 1.165) is 0 Å². The summed E-state index contributed by atoms with van der Waals surface area (Å²) < 4.78 is 0. The number of carbonyl (C=O) groups is 1. The summed E-state index contributed by atoms with van der Waals surface area (Å²) in [6, 6.07) is 6.20. The van der Waals surface area contributed by atoms with Gasteiger partial charge in [-0.2, -0.15) is 0 Å². The van der Waals surface area contributed by atoms with Gasteiger partial charge in [0.05, 0.1) is 17.9 Å². The number of hydrogen-bond acceptors (Lipinski definition) is 4. The Kier molecular flexibility index (Phi) is 3.87. The fourth-order valence-corrected chi connectivity index (χ4v) is 1.65. The van der Waals surface area contributed by atoms with Crippen LogP contribution in [0.5, 0.6) is 0 Å². The minimum atomic E-state index is -0.491. The number of carbonyl (C=O) groups excluding carboxylic acids is 1. The van der Waals surface area contributed by atoms with Crippen LogP contribution in [-0.2, 0) is 17.8 Å². The predicted molar refractivity (Wildman–Crippen MR) is 67.2 cm³/mol. The number of nitrogens with one attached hydrogen (secondary N) is 2. The van der Waals surface area contributed by atoms with Crippen LogP contribution in [0.4, 0.5) is 5.69 Å². The Bertz CT molecular complexity index is 580. The summed E-state index contributed by atoms with van der Waals surface area (Å²) in [7, 11) is 0. The highest BCUT2D eigenvalue weighted by Crippen LogP contribution is 2.17. The Morgan fingerprint density at radius 3 is 2.89 bits per heavy atom. The summed E-state index contributed by atoms with van der Waals surface area (Å²) in [6.45, 7) is 0.270. The second-order valence-corrected chi connectivity index (χ2v) is 3.88. The Morgan fingerprint density at radius 2 is 2.21 bits per heavy atom. The number of aromatic amines is 1. The van der Waals surface area contributed by atoms with Crippen molar-refractivity contribution in [3.63, 3.8) is 0 Å². The molecular formula is C12H12N4O3. The molecule has 0 spiro atoms. The maximum atomic E-state index is 11.7. The fraction of sp³-hybridized carbons (Fsp3) is 0.167. The molecule has 7 heteroatoms. The summed E-state index contributed by atoms with van der Waals surface area (Å²) in [5.74, 6) is 0.349. The van der Waals surface area contributed by atoms with E-state index in [1.807, 2.05) is 0 Å². The molecular weight excluding hydrogens is 248 g/mol. The molecule has 19 heavy (non-hydrogen) atoms. The van der Waals surface area contributed by atoms with Gasteiger partial charge in [0.25, 0.3) is 5.69 Å². The number of rotatable bonds is 5. The highest BCUT2D eigenvalue weighted by Gasteiger charge is 2.15. The van der Waals surface area contributed by atoms with Crippen molar-refractivity contribution in [2.24, 2.45) is 0 Å². The second kappa shape index (κ2) is 5.76.